The molecule has 0 saturated heterocycles. The molecule has 0 aromatic heterocycles. The van der Waals surface area contributed by atoms with Gasteiger partial charge in [0.1, 0.15) is 0 Å². The fraction of sp³-hybridized carbons (Fsp3) is 0.333. The quantitative estimate of drug-likeness (QED) is 0.731. The van der Waals surface area contributed by atoms with E-state index in [1.165, 1.54) is 11.1 Å². The molecule has 0 aliphatic carbocycles. The van der Waals surface area contributed by atoms with Crippen LogP contribution in [0.25, 0.3) is 0 Å². The summed E-state index contributed by atoms with van der Waals surface area (Å²) in [7, 11) is 0. The van der Waals surface area contributed by atoms with Crippen molar-refractivity contribution in [3.05, 3.63) is 35.7 Å². The number of ether oxygens (including phenoxy) is 1. The van der Waals surface area contributed by atoms with Crippen molar-refractivity contribution < 1.29 is 4.74 Å². The minimum atomic E-state index is 0.525. The highest BCUT2D eigenvalue weighted by Crippen LogP contribution is 2.38. The SMILES string of the molecule is C=C1Nc2c(C)cc(C(C)C)cc2O1. The van der Waals surface area contributed by atoms with Gasteiger partial charge in [-0.15, -0.1) is 0 Å². The number of fused-ring (bicyclic) bond motifs is 1. The predicted octanol–water partition coefficient (Wildman–Crippen LogP) is 3.39. The van der Waals surface area contributed by atoms with Gasteiger partial charge in [-0.25, -0.2) is 0 Å². The van der Waals surface area contributed by atoms with Gasteiger partial charge in [0.2, 0.25) is 0 Å². The molecule has 2 rings (SSSR count). The monoisotopic (exact) mass is 189 g/mol. The van der Waals surface area contributed by atoms with Crippen LogP contribution in [0, 0.1) is 6.92 Å². The van der Waals surface area contributed by atoms with Gasteiger partial charge in [-0.05, 0) is 36.6 Å². The van der Waals surface area contributed by atoms with Crippen molar-refractivity contribution >= 4 is 5.69 Å². The fourth-order valence-corrected chi connectivity index (χ4v) is 1.65. The summed E-state index contributed by atoms with van der Waals surface area (Å²) in [5.74, 6) is 2.04. The number of anilines is 1. The molecule has 0 bridgehead atoms. The van der Waals surface area contributed by atoms with Gasteiger partial charge in [-0.3, -0.25) is 0 Å². The Morgan fingerprint density at radius 1 is 1.36 bits per heavy atom. The molecule has 14 heavy (non-hydrogen) atoms. The number of nitrogens with one attached hydrogen (secondary N) is 1. The summed E-state index contributed by atoms with van der Waals surface area (Å²) >= 11 is 0. The zero-order chi connectivity index (χ0) is 10.3. The highest BCUT2D eigenvalue weighted by molar-refractivity contribution is 5.69. The molecule has 2 heteroatoms. The van der Waals surface area contributed by atoms with Crippen LogP contribution in [0.5, 0.6) is 5.75 Å². The van der Waals surface area contributed by atoms with Crippen molar-refractivity contribution in [2.75, 3.05) is 5.32 Å². The van der Waals surface area contributed by atoms with Crippen molar-refractivity contribution in [3.63, 3.8) is 0 Å². The van der Waals surface area contributed by atoms with Crippen molar-refractivity contribution in [2.45, 2.75) is 26.7 Å². The first kappa shape index (κ1) is 9.13. The summed E-state index contributed by atoms with van der Waals surface area (Å²) in [6, 6.07) is 4.27. The lowest BCUT2D eigenvalue weighted by Crippen LogP contribution is -1.93. The molecule has 1 aromatic rings. The first-order valence-electron chi connectivity index (χ1n) is 4.86. The second-order valence-corrected chi connectivity index (χ2v) is 4.02. The molecule has 0 radical (unpaired) electrons. The van der Waals surface area contributed by atoms with Crippen LogP contribution in [-0.4, -0.2) is 0 Å². The number of aryl methyl sites for hydroxylation is 1. The maximum atomic E-state index is 5.47. The largest absolute Gasteiger partial charge is 0.439 e. The summed E-state index contributed by atoms with van der Waals surface area (Å²) in [4.78, 5) is 0. The standard InChI is InChI=1S/C12H15NO/c1-7(2)10-5-8(3)12-11(6-10)14-9(4)13-12/h5-7,13H,4H2,1-3H3. The number of hydrogen-bond acceptors (Lipinski definition) is 2. The second kappa shape index (κ2) is 3.05. The van der Waals surface area contributed by atoms with Crippen LogP contribution in [0.2, 0.25) is 0 Å². The lowest BCUT2D eigenvalue weighted by atomic mass is 10.00. The van der Waals surface area contributed by atoms with E-state index in [9.17, 15) is 0 Å². The minimum absolute atomic E-state index is 0.525. The van der Waals surface area contributed by atoms with Crippen LogP contribution in [0.3, 0.4) is 0 Å². The van der Waals surface area contributed by atoms with E-state index in [0.29, 0.717) is 11.8 Å². The average molecular weight is 189 g/mol. The van der Waals surface area contributed by atoms with Crippen molar-refractivity contribution in [1.29, 1.82) is 0 Å². The minimum Gasteiger partial charge on any atom is -0.439 e. The maximum Gasteiger partial charge on any atom is 0.190 e. The van der Waals surface area contributed by atoms with Gasteiger partial charge < -0.3 is 10.1 Å². The van der Waals surface area contributed by atoms with E-state index in [2.05, 4.69) is 44.8 Å². The van der Waals surface area contributed by atoms with Crippen LogP contribution >= 0.6 is 0 Å². The van der Waals surface area contributed by atoms with Crippen molar-refractivity contribution in [2.24, 2.45) is 0 Å². The third-order valence-electron chi connectivity index (χ3n) is 2.49. The number of benzene rings is 1. The topological polar surface area (TPSA) is 21.3 Å². The third-order valence-corrected chi connectivity index (χ3v) is 2.49. The second-order valence-electron chi connectivity index (χ2n) is 4.02. The molecule has 1 aliphatic heterocycles. The van der Waals surface area contributed by atoms with Crippen LogP contribution in [0.4, 0.5) is 5.69 Å². The normalized spacial score (nSPS) is 13.9. The summed E-state index contributed by atoms with van der Waals surface area (Å²) in [6.45, 7) is 10.2. The molecular formula is C12H15NO. The Morgan fingerprint density at radius 3 is 2.71 bits per heavy atom. The molecule has 0 unspecified atom stereocenters. The van der Waals surface area contributed by atoms with Gasteiger partial charge in [0.05, 0.1) is 5.69 Å². The third kappa shape index (κ3) is 1.37. The molecule has 1 heterocycles. The molecule has 0 fully saturated rings. The van der Waals surface area contributed by atoms with Gasteiger partial charge in [-0.2, -0.15) is 0 Å². The van der Waals surface area contributed by atoms with E-state index >= 15 is 0 Å². The zero-order valence-electron chi connectivity index (χ0n) is 8.85. The smallest absolute Gasteiger partial charge is 0.190 e. The van der Waals surface area contributed by atoms with Crippen LogP contribution in [-0.2, 0) is 0 Å². The van der Waals surface area contributed by atoms with E-state index in [1.54, 1.807) is 0 Å². The van der Waals surface area contributed by atoms with Gasteiger partial charge in [-0.1, -0.05) is 19.9 Å². The van der Waals surface area contributed by atoms with E-state index in [4.69, 9.17) is 4.74 Å². The van der Waals surface area contributed by atoms with Crippen molar-refractivity contribution in [1.82, 2.24) is 0 Å². The average Bonchev–Trinajstić information content (AvgIpc) is 2.45. The molecule has 1 aliphatic rings. The van der Waals surface area contributed by atoms with E-state index in [0.717, 1.165) is 11.4 Å². The Labute approximate surface area is 84.6 Å². The van der Waals surface area contributed by atoms with Gasteiger partial charge in [0.15, 0.2) is 11.6 Å². The fourth-order valence-electron chi connectivity index (χ4n) is 1.65. The molecule has 0 atom stereocenters. The molecule has 2 nitrogen and oxygen atoms in total. The first-order valence-corrected chi connectivity index (χ1v) is 4.86. The van der Waals surface area contributed by atoms with Gasteiger partial charge in [0.25, 0.3) is 0 Å². The van der Waals surface area contributed by atoms with Crippen LogP contribution in [0.15, 0.2) is 24.6 Å². The first-order chi connectivity index (χ1) is 6.58. The number of hydrogen-bond donors (Lipinski definition) is 1. The lowest BCUT2D eigenvalue weighted by Gasteiger charge is -2.09. The van der Waals surface area contributed by atoms with E-state index < -0.39 is 0 Å². The summed E-state index contributed by atoms with van der Waals surface area (Å²) < 4.78 is 5.47. The van der Waals surface area contributed by atoms with Crippen LogP contribution in [0.1, 0.15) is 30.9 Å². The van der Waals surface area contributed by atoms with Gasteiger partial charge in [0, 0.05) is 0 Å². The molecular weight excluding hydrogens is 174 g/mol. The maximum absolute atomic E-state index is 5.47. The Bertz CT molecular complexity index is 394. The summed E-state index contributed by atoms with van der Waals surface area (Å²) in [5, 5.41) is 3.12. The van der Waals surface area contributed by atoms with E-state index in [1.807, 2.05) is 0 Å². The van der Waals surface area contributed by atoms with Crippen LogP contribution < -0.4 is 10.1 Å². The Hall–Kier alpha value is -1.44. The molecule has 74 valence electrons. The Kier molecular flexibility index (Phi) is 1.99. The molecule has 0 spiro atoms. The highest BCUT2D eigenvalue weighted by atomic mass is 16.5. The van der Waals surface area contributed by atoms with E-state index in [-0.39, 0.29) is 0 Å². The lowest BCUT2D eigenvalue weighted by molar-refractivity contribution is 0.459. The molecule has 1 N–H and O–H groups in total. The summed E-state index contributed by atoms with van der Waals surface area (Å²) in [5.41, 5.74) is 3.57. The Balaban J connectivity index is 2.51. The summed E-state index contributed by atoms with van der Waals surface area (Å²) in [6.07, 6.45) is 0. The predicted molar refractivity (Wildman–Crippen MR) is 58.7 cm³/mol. The Morgan fingerprint density at radius 2 is 2.07 bits per heavy atom. The highest BCUT2D eigenvalue weighted by Gasteiger charge is 2.18. The number of rotatable bonds is 1. The molecule has 0 saturated carbocycles. The molecule has 1 aromatic carbocycles. The van der Waals surface area contributed by atoms with Gasteiger partial charge >= 0.3 is 0 Å². The molecule has 0 amide bonds. The van der Waals surface area contributed by atoms with Crippen molar-refractivity contribution in [3.8, 4) is 5.75 Å². The zero-order valence-corrected chi connectivity index (χ0v) is 8.85.